The van der Waals surface area contributed by atoms with Gasteiger partial charge >= 0.3 is 0 Å². The van der Waals surface area contributed by atoms with Crippen molar-refractivity contribution in [3.63, 3.8) is 0 Å². The first-order valence-corrected chi connectivity index (χ1v) is 3.13. The van der Waals surface area contributed by atoms with Gasteiger partial charge in [0.1, 0.15) is 6.29 Å². The van der Waals surface area contributed by atoms with Crippen LogP contribution in [0.15, 0.2) is 18.2 Å². The average Bonchev–Trinajstić information content (AvgIpc) is 2.09. The molecule has 3 nitrogen and oxygen atoms in total. The lowest BCUT2D eigenvalue weighted by molar-refractivity contribution is -0.120. The fourth-order valence-corrected chi connectivity index (χ4v) is 0.738. The van der Waals surface area contributed by atoms with Gasteiger partial charge in [0.2, 0.25) is 0 Å². The van der Waals surface area contributed by atoms with Crippen molar-refractivity contribution >= 4 is 12.8 Å². The molecule has 0 atom stereocenters. The number of hydrogen-bond donors (Lipinski definition) is 0. The first-order valence-electron chi connectivity index (χ1n) is 3.13. The van der Waals surface area contributed by atoms with Crippen LogP contribution < -0.4 is 4.74 Å². The highest BCUT2D eigenvalue weighted by Crippen LogP contribution is 2.16. The van der Waals surface area contributed by atoms with E-state index < -0.39 is 5.82 Å². The monoisotopic (exact) mass is 168 g/mol. The summed E-state index contributed by atoms with van der Waals surface area (Å²) >= 11 is 0. The quantitative estimate of drug-likeness (QED) is 0.636. The van der Waals surface area contributed by atoms with Gasteiger partial charge < -0.3 is 4.74 Å². The second kappa shape index (κ2) is 3.61. The summed E-state index contributed by atoms with van der Waals surface area (Å²) in [6.45, 7) is 0.124. The number of benzene rings is 1. The van der Waals surface area contributed by atoms with Gasteiger partial charge in [-0.25, -0.2) is 4.39 Å². The standard InChI is InChI=1S/C8H5FO3/c9-7-3-6(4-10)1-2-8(7)12-5-11/h1-5H. The van der Waals surface area contributed by atoms with Gasteiger partial charge in [-0.1, -0.05) is 0 Å². The third-order valence-electron chi connectivity index (χ3n) is 1.27. The van der Waals surface area contributed by atoms with Crippen molar-refractivity contribution in [1.29, 1.82) is 0 Å². The van der Waals surface area contributed by atoms with Crippen molar-refractivity contribution in [2.24, 2.45) is 0 Å². The highest BCUT2D eigenvalue weighted by molar-refractivity contribution is 5.75. The van der Waals surface area contributed by atoms with Gasteiger partial charge in [-0.3, -0.25) is 9.59 Å². The molecule has 0 radical (unpaired) electrons. The lowest BCUT2D eigenvalue weighted by Gasteiger charge is -1.98. The summed E-state index contributed by atoms with van der Waals surface area (Å²) in [4.78, 5) is 20.0. The third kappa shape index (κ3) is 1.66. The van der Waals surface area contributed by atoms with Gasteiger partial charge in [-0.15, -0.1) is 0 Å². The summed E-state index contributed by atoms with van der Waals surface area (Å²) in [6, 6.07) is 3.56. The summed E-state index contributed by atoms with van der Waals surface area (Å²) in [5.41, 5.74) is 0.200. The lowest BCUT2D eigenvalue weighted by Crippen LogP contribution is -1.93. The Bertz CT molecular complexity index is 309. The highest BCUT2D eigenvalue weighted by Gasteiger charge is 2.02. The van der Waals surface area contributed by atoms with Crippen LogP contribution >= 0.6 is 0 Å². The van der Waals surface area contributed by atoms with E-state index in [1.807, 2.05) is 0 Å². The molecule has 0 saturated carbocycles. The van der Waals surface area contributed by atoms with E-state index >= 15 is 0 Å². The molecule has 0 fully saturated rings. The number of carbonyl (C=O) groups excluding carboxylic acids is 2. The Balaban J connectivity index is 3.02. The van der Waals surface area contributed by atoms with E-state index in [1.165, 1.54) is 12.1 Å². The van der Waals surface area contributed by atoms with Crippen LogP contribution in [0.4, 0.5) is 4.39 Å². The Labute approximate surface area is 67.8 Å². The molecule has 62 valence electrons. The minimum atomic E-state index is -0.730. The summed E-state index contributed by atoms with van der Waals surface area (Å²) < 4.78 is 17.0. The summed E-state index contributed by atoms with van der Waals surface area (Å²) in [5, 5.41) is 0. The van der Waals surface area contributed by atoms with E-state index in [2.05, 4.69) is 4.74 Å². The van der Waals surface area contributed by atoms with Crippen molar-refractivity contribution in [3.05, 3.63) is 29.6 Å². The number of carbonyl (C=O) groups is 2. The molecular formula is C8H5FO3. The third-order valence-corrected chi connectivity index (χ3v) is 1.27. The number of rotatable bonds is 3. The maximum Gasteiger partial charge on any atom is 0.298 e. The molecule has 0 heterocycles. The summed E-state index contributed by atoms with van der Waals surface area (Å²) in [7, 11) is 0. The van der Waals surface area contributed by atoms with E-state index in [4.69, 9.17) is 0 Å². The van der Waals surface area contributed by atoms with Crippen LogP contribution in [-0.4, -0.2) is 12.8 Å². The van der Waals surface area contributed by atoms with Gasteiger partial charge in [0.05, 0.1) is 0 Å². The molecular weight excluding hydrogens is 163 g/mol. The van der Waals surface area contributed by atoms with E-state index in [1.54, 1.807) is 0 Å². The van der Waals surface area contributed by atoms with Crippen molar-refractivity contribution in [2.75, 3.05) is 0 Å². The molecule has 0 aliphatic heterocycles. The van der Waals surface area contributed by atoms with Crippen molar-refractivity contribution in [2.45, 2.75) is 0 Å². The summed E-state index contributed by atoms with van der Waals surface area (Å²) in [5.74, 6) is -0.915. The molecule has 0 unspecified atom stereocenters. The molecule has 0 amide bonds. The number of hydrogen-bond acceptors (Lipinski definition) is 3. The molecule has 1 rings (SSSR count). The average molecular weight is 168 g/mol. The Hall–Kier alpha value is -1.71. The van der Waals surface area contributed by atoms with E-state index in [-0.39, 0.29) is 17.8 Å². The topological polar surface area (TPSA) is 43.4 Å². The van der Waals surface area contributed by atoms with Gasteiger partial charge in [0.25, 0.3) is 6.47 Å². The van der Waals surface area contributed by atoms with Crippen LogP contribution in [0.5, 0.6) is 5.75 Å². The first-order chi connectivity index (χ1) is 5.77. The largest absolute Gasteiger partial charge is 0.426 e. The zero-order valence-corrected chi connectivity index (χ0v) is 5.99. The van der Waals surface area contributed by atoms with Crippen LogP contribution in [0, 0.1) is 5.82 Å². The van der Waals surface area contributed by atoms with Crippen molar-refractivity contribution in [1.82, 2.24) is 0 Å². The minimum absolute atomic E-state index is 0.124. The molecule has 0 saturated heterocycles. The molecule has 4 heteroatoms. The van der Waals surface area contributed by atoms with Gasteiger partial charge in [0, 0.05) is 5.56 Å². The van der Waals surface area contributed by atoms with E-state index in [0.717, 1.165) is 6.07 Å². The van der Waals surface area contributed by atoms with Crippen molar-refractivity contribution in [3.8, 4) is 5.75 Å². The Morgan fingerprint density at radius 2 is 2.08 bits per heavy atom. The van der Waals surface area contributed by atoms with Gasteiger partial charge in [-0.05, 0) is 18.2 Å². The van der Waals surface area contributed by atoms with Crippen LogP contribution in [0.25, 0.3) is 0 Å². The SMILES string of the molecule is O=COc1ccc(C=O)cc1F. The van der Waals surface area contributed by atoms with Crippen LogP contribution in [0.3, 0.4) is 0 Å². The Morgan fingerprint density at radius 3 is 2.58 bits per heavy atom. The number of ether oxygens (including phenoxy) is 1. The molecule has 1 aromatic rings. The number of halogens is 1. The molecule has 0 bridgehead atoms. The Morgan fingerprint density at radius 1 is 1.33 bits per heavy atom. The van der Waals surface area contributed by atoms with Gasteiger partial charge in [0.15, 0.2) is 11.6 Å². The smallest absolute Gasteiger partial charge is 0.298 e. The maximum atomic E-state index is 12.8. The molecule has 1 aromatic carbocycles. The zero-order valence-electron chi connectivity index (χ0n) is 5.99. The normalized spacial score (nSPS) is 9.08. The Kier molecular flexibility index (Phi) is 2.53. The predicted molar refractivity (Wildman–Crippen MR) is 38.5 cm³/mol. The molecule has 0 aliphatic rings. The van der Waals surface area contributed by atoms with E-state index in [9.17, 15) is 14.0 Å². The second-order valence-electron chi connectivity index (χ2n) is 2.02. The maximum absolute atomic E-state index is 12.8. The van der Waals surface area contributed by atoms with Crippen molar-refractivity contribution < 1.29 is 18.7 Å². The van der Waals surface area contributed by atoms with Gasteiger partial charge in [-0.2, -0.15) is 0 Å². The fourth-order valence-electron chi connectivity index (χ4n) is 0.738. The zero-order chi connectivity index (χ0) is 8.97. The van der Waals surface area contributed by atoms with Crippen LogP contribution in [0.1, 0.15) is 10.4 Å². The second-order valence-corrected chi connectivity index (χ2v) is 2.02. The van der Waals surface area contributed by atoms with E-state index in [0.29, 0.717) is 6.29 Å². The highest BCUT2D eigenvalue weighted by atomic mass is 19.1. The fraction of sp³-hybridized carbons (Fsp3) is 0. The van der Waals surface area contributed by atoms with Crippen LogP contribution in [-0.2, 0) is 4.79 Å². The molecule has 12 heavy (non-hydrogen) atoms. The lowest BCUT2D eigenvalue weighted by atomic mass is 10.2. The molecule has 0 aliphatic carbocycles. The molecule has 0 aromatic heterocycles. The van der Waals surface area contributed by atoms with Crippen LogP contribution in [0.2, 0.25) is 0 Å². The predicted octanol–water partition coefficient (Wildman–Crippen LogP) is 1.17. The first kappa shape index (κ1) is 8.39. The minimum Gasteiger partial charge on any atom is -0.426 e. The summed E-state index contributed by atoms with van der Waals surface area (Å²) in [6.07, 6.45) is 0.508. The molecule has 0 spiro atoms. The molecule has 0 N–H and O–H groups in total. The number of aldehydes is 1.